The number of aliphatic hydroxyl groups excluding tert-OH is 1. The molecule has 0 saturated heterocycles. The van der Waals surface area contributed by atoms with E-state index in [0.717, 1.165) is 12.8 Å². The van der Waals surface area contributed by atoms with Crippen molar-refractivity contribution in [2.75, 3.05) is 6.61 Å². The Bertz CT molecular complexity index is 88.9. The van der Waals surface area contributed by atoms with Crippen molar-refractivity contribution in [3.63, 3.8) is 0 Å². The average Bonchev–Trinajstić information content (AvgIpc) is 2.04. The number of aliphatic hydroxyl groups is 1. The Morgan fingerprint density at radius 2 is 2.09 bits per heavy atom. The van der Waals surface area contributed by atoms with Gasteiger partial charge < -0.3 is 5.11 Å². The van der Waals surface area contributed by atoms with Crippen LogP contribution >= 0.6 is 0 Å². The topological polar surface area (TPSA) is 20.2 Å². The molecule has 0 aromatic heterocycles. The molecule has 1 heteroatoms. The average molecular weight is 156 g/mol. The molecular formula is C10H20O. The number of rotatable bonds is 7. The zero-order valence-electron chi connectivity index (χ0n) is 7.55. The van der Waals surface area contributed by atoms with E-state index < -0.39 is 0 Å². The molecule has 11 heavy (non-hydrogen) atoms. The maximum Gasteiger partial charge on any atom is 0.0456 e. The maximum atomic E-state index is 8.72. The molecule has 0 bridgehead atoms. The molecule has 0 aromatic carbocycles. The Labute approximate surface area is 70.1 Å². The fourth-order valence-corrected chi connectivity index (χ4v) is 1.05. The van der Waals surface area contributed by atoms with Crippen molar-refractivity contribution in [2.45, 2.75) is 39.0 Å². The Morgan fingerprint density at radius 1 is 1.36 bits per heavy atom. The maximum absolute atomic E-state index is 8.72. The van der Waals surface area contributed by atoms with Gasteiger partial charge in [-0.1, -0.05) is 25.8 Å². The predicted octanol–water partition coefficient (Wildman–Crippen LogP) is 2.75. The van der Waals surface area contributed by atoms with Crippen molar-refractivity contribution in [2.24, 2.45) is 5.92 Å². The van der Waals surface area contributed by atoms with Crippen molar-refractivity contribution in [3.05, 3.63) is 12.7 Å². The summed E-state index contributed by atoms with van der Waals surface area (Å²) in [6, 6.07) is 0. The van der Waals surface area contributed by atoms with Crippen LogP contribution in [0.4, 0.5) is 0 Å². The second-order valence-corrected chi connectivity index (χ2v) is 3.21. The second-order valence-electron chi connectivity index (χ2n) is 3.21. The lowest BCUT2D eigenvalue weighted by molar-refractivity contribution is 0.227. The Balaban J connectivity index is 2.95. The van der Waals surface area contributed by atoms with Crippen molar-refractivity contribution in [3.8, 4) is 0 Å². The highest BCUT2D eigenvalue weighted by atomic mass is 16.3. The van der Waals surface area contributed by atoms with Gasteiger partial charge in [-0.2, -0.15) is 0 Å². The molecule has 0 heterocycles. The summed E-state index contributed by atoms with van der Waals surface area (Å²) in [5, 5.41) is 8.72. The minimum atomic E-state index is 0.335. The zero-order chi connectivity index (χ0) is 8.53. The number of hydrogen-bond donors (Lipinski definition) is 1. The molecule has 0 fully saturated rings. The van der Waals surface area contributed by atoms with Gasteiger partial charge in [0.05, 0.1) is 0 Å². The molecule has 0 saturated carbocycles. The molecule has 0 aliphatic rings. The molecule has 0 spiro atoms. The molecule has 1 atom stereocenters. The lowest BCUT2D eigenvalue weighted by atomic mass is 10.0. The standard InChI is InChI=1S/C10H20O/c1-3-4-5-6-7-8-10(2)9-11/h3,10-11H,1,4-9H2,2H3. The summed E-state index contributed by atoms with van der Waals surface area (Å²) in [4.78, 5) is 0. The molecule has 0 amide bonds. The van der Waals surface area contributed by atoms with Gasteiger partial charge in [0.15, 0.2) is 0 Å². The first-order chi connectivity index (χ1) is 5.31. The van der Waals surface area contributed by atoms with Crippen LogP contribution in [0.15, 0.2) is 12.7 Å². The SMILES string of the molecule is C=CCCCCCC(C)CO. The van der Waals surface area contributed by atoms with E-state index in [1.165, 1.54) is 19.3 Å². The van der Waals surface area contributed by atoms with Gasteiger partial charge in [-0.15, -0.1) is 6.58 Å². The fraction of sp³-hybridized carbons (Fsp3) is 0.800. The normalized spacial score (nSPS) is 12.9. The van der Waals surface area contributed by atoms with E-state index in [4.69, 9.17) is 5.11 Å². The Hall–Kier alpha value is -0.300. The molecule has 66 valence electrons. The van der Waals surface area contributed by atoms with Crippen molar-refractivity contribution >= 4 is 0 Å². The van der Waals surface area contributed by atoms with Gasteiger partial charge in [-0.3, -0.25) is 0 Å². The highest BCUT2D eigenvalue weighted by Crippen LogP contribution is 2.09. The lowest BCUT2D eigenvalue weighted by Crippen LogP contribution is -1.99. The predicted molar refractivity (Wildman–Crippen MR) is 49.5 cm³/mol. The van der Waals surface area contributed by atoms with Gasteiger partial charge in [0, 0.05) is 6.61 Å². The first-order valence-corrected chi connectivity index (χ1v) is 4.53. The van der Waals surface area contributed by atoms with E-state index in [1.807, 2.05) is 6.08 Å². The first kappa shape index (κ1) is 10.7. The van der Waals surface area contributed by atoms with E-state index in [0.29, 0.717) is 12.5 Å². The van der Waals surface area contributed by atoms with Gasteiger partial charge in [0.1, 0.15) is 0 Å². The number of allylic oxidation sites excluding steroid dienone is 1. The largest absolute Gasteiger partial charge is 0.396 e. The van der Waals surface area contributed by atoms with E-state index >= 15 is 0 Å². The van der Waals surface area contributed by atoms with E-state index in [2.05, 4.69) is 13.5 Å². The van der Waals surface area contributed by atoms with Crippen LogP contribution in [-0.2, 0) is 0 Å². The quantitative estimate of drug-likeness (QED) is 0.444. The fourth-order valence-electron chi connectivity index (χ4n) is 1.05. The van der Waals surface area contributed by atoms with Crippen LogP contribution in [0.5, 0.6) is 0 Å². The molecule has 0 radical (unpaired) electrons. The molecule has 0 aliphatic heterocycles. The van der Waals surface area contributed by atoms with Crippen LogP contribution in [-0.4, -0.2) is 11.7 Å². The van der Waals surface area contributed by atoms with Gasteiger partial charge >= 0.3 is 0 Å². The molecule has 0 aromatic rings. The molecule has 1 nitrogen and oxygen atoms in total. The Kier molecular flexibility index (Phi) is 7.59. The van der Waals surface area contributed by atoms with Crippen LogP contribution in [0.25, 0.3) is 0 Å². The lowest BCUT2D eigenvalue weighted by Gasteiger charge is -2.05. The van der Waals surface area contributed by atoms with Crippen molar-refractivity contribution in [1.82, 2.24) is 0 Å². The summed E-state index contributed by atoms with van der Waals surface area (Å²) in [5.41, 5.74) is 0. The van der Waals surface area contributed by atoms with E-state index in [-0.39, 0.29) is 0 Å². The van der Waals surface area contributed by atoms with Gasteiger partial charge in [-0.05, 0) is 25.2 Å². The van der Waals surface area contributed by atoms with Gasteiger partial charge in [0.25, 0.3) is 0 Å². The zero-order valence-corrected chi connectivity index (χ0v) is 7.55. The third-order valence-electron chi connectivity index (χ3n) is 1.92. The van der Waals surface area contributed by atoms with Crippen LogP contribution in [0.2, 0.25) is 0 Å². The summed E-state index contributed by atoms with van der Waals surface area (Å²) in [7, 11) is 0. The number of hydrogen-bond acceptors (Lipinski definition) is 1. The van der Waals surface area contributed by atoms with Gasteiger partial charge in [0.2, 0.25) is 0 Å². The summed E-state index contributed by atoms with van der Waals surface area (Å²) in [6.45, 7) is 6.10. The van der Waals surface area contributed by atoms with Crippen molar-refractivity contribution < 1.29 is 5.11 Å². The molecular weight excluding hydrogens is 136 g/mol. The smallest absolute Gasteiger partial charge is 0.0456 e. The third-order valence-corrected chi connectivity index (χ3v) is 1.92. The minimum absolute atomic E-state index is 0.335. The van der Waals surface area contributed by atoms with E-state index in [1.54, 1.807) is 0 Å². The highest BCUT2D eigenvalue weighted by Gasteiger charge is 1.97. The van der Waals surface area contributed by atoms with Crippen LogP contribution in [0.3, 0.4) is 0 Å². The molecule has 1 unspecified atom stereocenters. The van der Waals surface area contributed by atoms with Crippen LogP contribution in [0, 0.1) is 5.92 Å². The minimum Gasteiger partial charge on any atom is -0.396 e. The summed E-state index contributed by atoms with van der Waals surface area (Å²) < 4.78 is 0. The van der Waals surface area contributed by atoms with Gasteiger partial charge in [-0.25, -0.2) is 0 Å². The summed E-state index contributed by atoms with van der Waals surface area (Å²) in [5.74, 6) is 0.485. The second kappa shape index (κ2) is 7.80. The van der Waals surface area contributed by atoms with Crippen LogP contribution in [0.1, 0.15) is 39.0 Å². The van der Waals surface area contributed by atoms with Crippen molar-refractivity contribution in [1.29, 1.82) is 0 Å². The third kappa shape index (κ3) is 7.60. The monoisotopic (exact) mass is 156 g/mol. The van der Waals surface area contributed by atoms with E-state index in [9.17, 15) is 0 Å². The molecule has 0 aliphatic carbocycles. The Morgan fingerprint density at radius 3 is 2.64 bits per heavy atom. The summed E-state index contributed by atoms with van der Waals surface area (Å²) >= 11 is 0. The van der Waals surface area contributed by atoms with Crippen LogP contribution < -0.4 is 0 Å². The first-order valence-electron chi connectivity index (χ1n) is 4.53. The molecule has 0 rings (SSSR count). The highest BCUT2D eigenvalue weighted by molar-refractivity contribution is 4.65. The molecule has 1 N–H and O–H groups in total. The summed E-state index contributed by atoms with van der Waals surface area (Å²) in [6.07, 6.45) is 8.03. The number of unbranched alkanes of at least 4 members (excludes halogenated alkanes) is 3.